The summed E-state index contributed by atoms with van der Waals surface area (Å²) in [5.74, 6) is -0.793. The molecule has 1 saturated heterocycles. The number of anilines is 1. The second kappa shape index (κ2) is 9.40. The van der Waals surface area contributed by atoms with E-state index in [1.807, 2.05) is 32.0 Å². The topological polar surface area (TPSA) is 106 Å². The molecule has 3 rings (SSSR count). The number of carbonyl (C=O) groups excluding carboxylic acids is 3. The molecule has 3 N–H and O–H groups in total. The van der Waals surface area contributed by atoms with E-state index in [1.165, 1.54) is 13.2 Å². The van der Waals surface area contributed by atoms with Crippen LogP contribution in [0.2, 0.25) is 0 Å². The molecule has 2 aromatic carbocycles. The van der Waals surface area contributed by atoms with Gasteiger partial charge in [0.1, 0.15) is 5.57 Å². The normalized spacial score (nSPS) is 13.3. The maximum Gasteiger partial charge on any atom is 0.263 e. The Balaban J connectivity index is 1.69. The van der Waals surface area contributed by atoms with Gasteiger partial charge in [-0.3, -0.25) is 25.0 Å². The summed E-state index contributed by atoms with van der Waals surface area (Å²) < 4.78 is 10.9. The number of methoxy groups -OCH3 is 1. The van der Waals surface area contributed by atoms with Crippen molar-refractivity contribution >= 4 is 46.8 Å². The second-order valence-electron chi connectivity index (χ2n) is 6.86. The number of hydrogen-bond acceptors (Lipinski definition) is 6. The van der Waals surface area contributed by atoms with Gasteiger partial charge in [0.25, 0.3) is 17.7 Å². The molecule has 0 spiro atoms. The summed E-state index contributed by atoms with van der Waals surface area (Å²) in [5, 5.41) is 7.52. The Morgan fingerprint density at radius 2 is 1.77 bits per heavy atom. The number of benzene rings is 2. The van der Waals surface area contributed by atoms with Crippen LogP contribution < -0.4 is 25.4 Å². The van der Waals surface area contributed by atoms with Gasteiger partial charge in [-0.1, -0.05) is 23.8 Å². The van der Waals surface area contributed by atoms with Gasteiger partial charge in [-0.2, -0.15) is 0 Å². The number of aryl methyl sites for hydroxylation is 2. The molecule has 2 aromatic rings. The van der Waals surface area contributed by atoms with Gasteiger partial charge in [-0.05, 0) is 61.5 Å². The third-order valence-corrected chi connectivity index (χ3v) is 4.66. The lowest BCUT2D eigenvalue weighted by Gasteiger charge is -2.16. The fourth-order valence-corrected chi connectivity index (χ4v) is 3.14. The fraction of sp³-hybridized carbons (Fsp3) is 0.182. The number of ether oxygens (including phenoxy) is 2. The molecule has 0 radical (unpaired) electrons. The van der Waals surface area contributed by atoms with Crippen LogP contribution in [0.25, 0.3) is 6.08 Å². The molecule has 0 unspecified atom stereocenters. The van der Waals surface area contributed by atoms with E-state index in [1.54, 1.807) is 18.2 Å². The van der Waals surface area contributed by atoms with E-state index in [4.69, 9.17) is 21.7 Å². The molecule has 0 saturated carbocycles. The van der Waals surface area contributed by atoms with Crippen LogP contribution >= 0.6 is 12.2 Å². The Morgan fingerprint density at radius 3 is 2.42 bits per heavy atom. The number of nitrogens with one attached hydrogen (secondary N) is 3. The lowest BCUT2D eigenvalue weighted by Crippen LogP contribution is -2.51. The summed E-state index contributed by atoms with van der Waals surface area (Å²) in [5.41, 5.74) is 3.24. The average Bonchev–Trinajstić information content (AvgIpc) is 2.71. The zero-order valence-electron chi connectivity index (χ0n) is 17.2. The van der Waals surface area contributed by atoms with Crippen molar-refractivity contribution in [2.24, 2.45) is 0 Å². The molecule has 1 heterocycles. The minimum Gasteiger partial charge on any atom is -0.493 e. The van der Waals surface area contributed by atoms with Crippen molar-refractivity contribution in [2.45, 2.75) is 13.8 Å². The van der Waals surface area contributed by atoms with Crippen LogP contribution in [0, 0.1) is 13.8 Å². The Hall–Kier alpha value is -3.72. The van der Waals surface area contributed by atoms with E-state index in [0.29, 0.717) is 17.1 Å². The third-order valence-electron chi connectivity index (χ3n) is 4.46. The van der Waals surface area contributed by atoms with Crippen LogP contribution in [0.15, 0.2) is 42.0 Å². The molecule has 1 fully saturated rings. The summed E-state index contributed by atoms with van der Waals surface area (Å²) in [7, 11) is 1.45. The van der Waals surface area contributed by atoms with Crippen LogP contribution in [0.1, 0.15) is 16.7 Å². The van der Waals surface area contributed by atoms with Gasteiger partial charge in [0.05, 0.1) is 7.11 Å². The molecule has 1 aliphatic rings. The minimum absolute atomic E-state index is 0.0346. The molecule has 1 aliphatic heterocycles. The van der Waals surface area contributed by atoms with Crippen molar-refractivity contribution < 1.29 is 23.9 Å². The van der Waals surface area contributed by atoms with Gasteiger partial charge >= 0.3 is 0 Å². The second-order valence-corrected chi connectivity index (χ2v) is 7.27. The maximum atomic E-state index is 12.3. The fourth-order valence-electron chi connectivity index (χ4n) is 2.95. The summed E-state index contributed by atoms with van der Waals surface area (Å²) in [6, 6.07) is 10.6. The molecular weight excluding hydrogens is 418 g/mol. The SMILES string of the molecule is COc1cc(C=C2C(=O)NC(=S)NC2=O)ccc1OCC(=O)Nc1ccc(C)cc1C. The first-order chi connectivity index (χ1) is 14.8. The molecule has 160 valence electrons. The Labute approximate surface area is 184 Å². The van der Waals surface area contributed by atoms with Crippen LogP contribution in [0.3, 0.4) is 0 Å². The molecule has 9 heteroatoms. The number of hydrogen-bond donors (Lipinski definition) is 3. The van der Waals surface area contributed by atoms with Crippen LogP contribution in [-0.4, -0.2) is 36.6 Å². The van der Waals surface area contributed by atoms with Crippen molar-refractivity contribution in [3.05, 3.63) is 58.7 Å². The summed E-state index contributed by atoms with van der Waals surface area (Å²) >= 11 is 4.78. The highest BCUT2D eigenvalue weighted by Crippen LogP contribution is 2.29. The predicted molar refractivity (Wildman–Crippen MR) is 120 cm³/mol. The minimum atomic E-state index is -0.587. The number of rotatable bonds is 6. The lowest BCUT2D eigenvalue weighted by atomic mass is 10.1. The van der Waals surface area contributed by atoms with Crippen LogP contribution in [0.4, 0.5) is 5.69 Å². The van der Waals surface area contributed by atoms with E-state index in [9.17, 15) is 14.4 Å². The molecule has 0 aliphatic carbocycles. The first-order valence-electron chi connectivity index (χ1n) is 9.33. The molecule has 8 nitrogen and oxygen atoms in total. The van der Waals surface area contributed by atoms with Crippen molar-refractivity contribution in [3.8, 4) is 11.5 Å². The molecule has 31 heavy (non-hydrogen) atoms. The van der Waals surface area contributed by atoms with Gasteiger partial charge in [-0.25, -0.2) is 0 Å². The van der Waals surface area contributed by atoms with Crippen molar-refractivity contribution in [1.82, 2.24) is 10.6 Å². The van der Waals surface area contributed by atoms with Gasteiger partial charge in [0.15, 0.2) is 23.2 Å². The maximum absolute atomic E-state index is 12.3. The van der Waals surface area contributed by atoms with Crippen molar-refractivity contribution in [3.63, 3.8) is 0 Å². The quantitative estimate of drug-likeness (QED) is 0.362. The number of carbonyl (C=O) groups is 3. The van der Waals surface area contributed by atoms with Crippen molar-refractivity contribution in [1.29, 1.82) is 0 Å². The van der Waals surface area contributed by atoms with Gasteiger partial charge in [-0.15, -0.1) is 0 Å². The molecular formula is C22H21N3O5S. The smallest absolute Gasteiger partial charge is 0.263 e. The molecule has 0 bridgehead atoms. The van der Waals surface area contributed by atoms with Gasteiger partial charge < -0.3 is 14.8 Å². The van der Waals surface area contributed by atoms with Gasteiger partial charge in [0, 0.05) is 5.69 Å². The van der Waals surface area contributed by atoms with Crippen LogP contribution in [-0.2, 0) is 14.4 Å². The first-order valence-corrected chi connectivity index (χ1v) is 9.74. The Morgan fingerprint density at radius 1 is 1.06 bits per heavy atom. The lowest BCUT2D eigenvalue weighted by molar-refractivity contribution is -0.123. The van der Waals surface area contributed by atoms with Crippen LogP contribution in [0.5, 0.6) is 11.5 Å². The molecule has 0 atom stereocenters. The third kappa shape index (κ3) is 5.46. The monoisotopic (exact) mass is 439 g/mol. The van der Waals surface area contributed by atoms with E-state index in [2.05, 4.69) is 16.0 Å². The molecule has 0 aromatic heterocycles. The summed E-state index contributed by atoms with van der Waals surface area (Å²) in [4.78, 5) is 36.2. The highest BCUT2D eigenvalue weighted by atomic mass is 32.1. The van der Waals surface area contributed by atoms with Gasteiger partial charge in [0.2, 0.25) is 0 Å². The Bertz CT molecular complexity index is 1090. The predicted octanol–water partition coefficient (Wildman–Crippen LogP) is 2.24. The highest BCUT2D eigenvalue weighted by Gasteiger charge is 2.25. The summed E-state index contributed by atoms with van der Waals surface area (Å²) in [6.45, 7) is 3.68. The van der Waals surface area contributed by atoms with Crippen molar-refractivity contribution in [2.75, 3.05) is 19.0 Å². The van der Waals surface area contributed by atoms with E-state index >= 15 is 0 Å². The number of amides is 3. The standard InChI is InChI=1S/C22H21N3O5S/c1-12-4-6-16(13(2)8-12)23-19(26)11-30-17-7-5-14(10-18(17)29-3)9-15-20(27)24-22(31)25-21(15)28/h4-10H,11H2,1-3H3,(H,23,26)(H2,24,25,27,28,31). The zero-order chi connectivity index (χ0) is 22.5. The van der Waals surface area contributed by atoms with E-state index < -0.39 is 11.8 Å². The molecule has 3 amide bonds. The zero-order valence-corrected chi connectivity index (χ0v) is 18.0. The summed E-state index contributed by atoms with van der Waals surface area (Å²) in [6.07, 6.45) is 1.41. The first kappa shape index (κ1) is 22.0. The van der Waals surface area contributed by atoms with E-state index in [0.717, 1.165) is 16.8 Å². The average molecular weight is 439 g/mol. The largest absolute Gasteiger partial charge is 0.493 e. The number of thiocarbonyl (C=S) groups is 1. The highest BCUT2D eigenvalue weighted by molar-refractivity contribution is 7.80. The van der Waals surface area contributed by atoms with E-state index in [-0.39, 0.29) is 23.2 Å². The Kier molecular flexibility index (Phi) is 6.66.